The Morgan fingerprint density at radius 1 is 1.15 bits per heavy atom. The van der Waals surface area contributed by atoms with Crippen molar-refractivity contribution in [1.29, 1.82) is 0 Å². The van der Waals surface area contributed by atoms with Gasteiger partial charge in [-0.05, 0) is 43.4 Å². The van der Waals surface area contributed by atoms with E-state index in [0.717, 1.165) is 29.5 Å². The van der Waals surface area contributed by atoms with Gasteiger partial charge in [-0.2, -0.15) is 0 Å². The molecule has 1 aromatic heterocycles. The van der Waals surface area contributed by atoms with E-state index < -0.39 is 24.3 Å². The zero-order valence-corrected chi connectivity index (χ0v) is 24.0. The molecule has 1 aromatic carbocycles. The number of hydrogen-bond donors (Lipinski definition) is 1. The number of alkyl halides is 2. The van der Waals surface area contributed by atoms with E-state index in [9.17, 15) is 23.2 Å². The predicted molar refractivity (Wildman–Crippen MR) is 145 cm³/mol. The minimum absolute atomic E-state index is 0.0102. The Bertz CT molecular complexity index is 1320. The number of fused-ring (bicyclic) bond motifs is 1. The van der Waals surface area contributed by atoms with Crippen LogP contribution in [0.5, 0.6) is 5.75 Å². The van der Waals surface area contributed by atoms with Crippen molar-refractivity contribution in [3.8, 4) is 5.75 Å². The highest BCUT2D eigenvalue weighted by atomic mass is 35.5. The first-order valence-corrected chi connectivity index (χ1v) is 14.5. The Labute approximate surface area is 242 Å². The molecule has 1 N–H and O–H groups in total. The summed E-state index contributed by atoms with van der Waals surface area (Å²) >= 11 is 6.65. The van der Waals surface area contributed by atoms with Gasteiger partial charge in [-0.3, -0.25) is 14.4 Å². The molecule has 5 rings (SSSR count). The minimum atomic E-state index is -2.78. The van der Waals surface area contributed by atoms with Crippen LogP contribution in [-0.2, 0) is 34.5 Å². The highest BCUT2D eigenvalue weighted by molar-refractivity contribution is 6.31. The summed E-state index contributed by atoms with van der Waals surface area (Å²) in [6.45, 7) is 0.939. The molecular formula is C28H35ClF2N6O4. The molecule has 2 aromatic rings. The lowest BCUT2D eigenvalue weighted by molar-refractivity contribution is -0.147. The number of nitrogens with one attached hydrogen (secondary N) is 1. The second-order valence-corrected chi connectivity index (χ2v) is 11.3. The maximum absolute atomic E-state index is 14.2. The SMILES string of the molecule is CNC(=O)C1CCCCC1C(=O)N1CCc2c(Cl)ccc(OCc3nnn(C)c3C(F)F)c2[C@H]1CN1CCCC1=O. The van der Waals surface area contributed by atoms with E-state index in [-0.39, 0.29) is 42.3 Å². The van der Waals surface area contributed by atoms with Crippen LogP contribution < -0.4 is 10.1 Å². The van der Waals surface area contributed by atoms with Crippen LogP contribution in [0, 0.1) is 11.8 Å². The predicted octanol–water partition coefficient (Wildman–Crippen LogP) is 3.59. The molecule has 1 saturated heterocycles. The van der Waals surface area contributed by atoms with E-state index in [1.165, 1.54) is 7.05 Å². The normalized spacial score (nSPS) is 22.7. The highest BCUT2D eigenvalue weighted by Gasteiger charge is 2.43. The average Bonchev–Trinajstić information content (AvgIpc) is 3.56. The number of carbonyl (C=O) groups excluding carboxylic acids is 3. The second-order valence-electron chi connectivity index (χ2n) is 10.9. The largest absolute Gasteiger partial charge is 0.487 e. The van der Waals surface area contributed by atoms with Gasteiger partial charge in [-0.15, -0.1) is 5.10 Å². The van der Waals surface area contributed by atoms with E-state index in [4.69, 9.17) is 16.3 Å². The summed E-state index contributed by atoms with van der Waals surface area (Å²) < 4.78 is 34.4. The minimum Gasteiger partial charge on any atom is -0.487 e. The van der Waals surface area contributed by atoms with Gasteiger partial charge in [0.1, 0.15) is 23.7 Å². The fraction of sp³-hybridized carbons (Fsp3) is 0.607. The van der Waals surface area contributed by atoms with E-state index in [1.807, 2.05) is 0 Å². The van der Waals surface area contributed by atoms with Crippen molar-refractivity contribution in [3.63, 3.8) is 0 Å². The lowest BCUT2D eigenvalue weighted by atomic mass is 9.77. The Balaban J connectivity index is 1.51. The highest BCUT2D eigenvalue weighted by Crippen LogP contribution is 2.43. The summed E-state index contributed by atoms with van der Waals surface area (Å²) in [5.74, 6) is -0.764. The Hall–Kier alpha value is -3.28. The van der Waals surface area contributed by atoms with Gasteiger partial charge in [0.25, 0.3) is 6.43 Å². The third kappa shape index (κ3) is 5.75. The molecule has 13 heteroatoms. The summed E-state index contributed by atoms with van der Waals surface area (Å²) in [6, 6.07) is 2.78. The van der Waals surface area contributed by atoms with Crippen LogP contribution in [0.4, 0.5) is 8.78 Å². The monoisotopic (exact) mass is 592 g/mol. The molecule has 0 radical (unpaired) electrons. The van der Waals surface area contributed by atoms with Crippen LogP contribution in [0.1, 0.15) is 73.5 Å². The Morgan fingerprint density at radius 3 is 2.59 bits per heavy atom. The molecule has 3 heterocycles. The first kappa shape index (κ1) is 29.2. The summed E-state index contributed by atoms with van der Waals surface area (Å²) in [5.41, 5.74) is 1.13. The Morgan fingerprint density at radius 2 is 1.90 bits per heavy atom. The van der Waals surface area contributed by atoms with Crippen molar-refractivity contribution in [3.05, 3.63) is 39.7 Å². The molecule has 41 heavy (non-hydrogen) atoms. The van der Waals surface area contributed by atoms with Crippen molar-refractivity contribution in [2.75, 3.05) is 26.7 Å². The third-order valence-corrected chi connectivity index (χ3v) is 8.96. The van der Waals surface area contributed by atoms with Crippen molar-refractivity contribution in [1.82, 2.24) is 30.1 Å². The van der Waals surface area contributed by atoms with Crippen molar-refractivity contribution < 1.29 is 27.9 Å². The van der Waals surface area contributed by atoms with Gasteiger partial charge in [-0.25, -0.2) is 13.5 Å². The molecule has 2 fully saturated rings. The summed E-state index contributed by atoms with van der Waals surface area (Å²) in [7, 11) is 2.98. The third-order valence-electron chi connectivity index (χ3n) is 8.60. The number of rotatable bonds is 8. The van der Waals surface area contributed by atoms with E-state index >= 15 is 0 Å². The van der Waals surface area contributed by atoms with Crippen molar-refractivity contribution >= 4 is 29.3 Å². The maximum atomic E-state index is 14.2. The lowest BCUT2D eigenvalue weighted by Crippen LogP contribution is -2.50. The van der Waals surface area contributed by atoms with Crippen molar-refractivity contribution in [2.45, 2.75) is 64.0 Å². The first-order valence-electron chi connectivity index (χ1n) is 14.1. The van der Waals surface area contributed by atoms with Gasteiger partial charge in [0.05, 0.1) is 6.04 Å². The van der Waals surface area contributed by atoms with Gasteiger partial charge in [0.15, 0.2) is 0 Å². The fourth-order valence-electron chi connectivity index (χ4n) is 6.53. The number of nitrogens with zero attached hydrogens (tertiary/aromatic N) is 5. The van der Waals surface area contributed by atoms with E-state index in [0.29, 0.717) is 55.1 Å². The molecule has 3 aliphatic rings. The fourth-order valence-corrected chi connectivity index (χ4v) is 6.79. The van der Waals surface area contributed by atoms with Gasteiger partial charge in [-0.1, -0.05) is 29.7 Å². The zero-order valence-electron chi connectivity index (χ0n) is 23.2. The maximum Gasteiger partial charge on any atom is 0.282 e. The van der Waals surface area contributed by atoms with Crippen LogP contribution >= 0.6 is 11.6 Å². The van der Waals surface area contributed by atoms with E-state index in [1.54, 1.807) is 29.0 Å². The second kappa shape index (κ2) is 12.3. The molecule has 2 unspecified atom stereocenters. The molecule has 1 aliphatic carbocycles. The first-order chi connectivity index (χ1) is 19.7. The summed E-state index contributed by atoms with van der Waals surface area (Å²) in [6.07, 6.45) is 1.83. The van der Waals surface area contributed by atoms with Gasteiger partial charge >= 0.3 is 0 Å². The molecule has 10 nitrogen and oxygen atoms in total. The molecular weight excluding hydrogens is 558 g/mol. The number of halogens is 3. The van der Waals surface area contributed by atoms with Crippen LogP contribution in [0.2, 0.25) is 5.02 Å². The average molecular weight is 593 g/mol. The topological polar surface area (TPSA) is 110 Å². The quantitative estimate of drug-likeness (QED) is 0.502. The van der Waals surface area contributed by atoms with Crippen LogP contribution in [0.25, 0.3) is 0 Å². The molecule has 0 spiro atoms. The standard InChI is InChI=1S/C28H35ClF2N6O4/c1-32-27(39)16-6-3-4-7-17(16)28(40)37-13-11-18-19(29)9-10-22(24(18)21(37)14-36-12-5-8-23(36)38)41-15-20-25(26(30)31)35(2)34-33-20/h9-10,16-17,21,26H,3-8,11-15H2,1-2H3,(H,32,39)/t16?,17?,21-/m1/s1. The lowest BCUT2D eigenvalue weighted by Gasteiger charge is -2.43. The molecule has 3 amide bonds. The number of likely N-dealkylation sites (tertiary alicyclic amines) is 1. The summed E-state index contributed by atoms with van der Waals surface area (Å²) in [4.78, 5) is 43.2. The zero-order chi connectivity index (χ0) is 29.3. The van der Waals surface area contributed by atoms with Crippen LogP contribution in [-0.4, -0.2) is 69.2 Å². The number of hydrogen-bond acceptors (Lipinski definition) is 6. The molecule has 1 saturated carbocycles. The summed E-state index contributed by atoms with van der Waals surface area (Å²) in [5, 5.41) is 10.8. The van der Waals surface area contributed by atoms with Gasteiger partial charge in [0, 0.05) is 62.6 Å². The molecule has 2 aliphatic heterocycles. The van der Waals surface area contributed by atoms with Gasteiger partial charge in [0.2, 0.25) is 17.7 Å². The van der Waals surface area contributed by atoms with Gasteiger partial charge < -0.3 is 19.9 Å². The van der Waals surface area contributed by atoms with Crippen LogP contribution in [0.15, 0.2) is 12.1 Å². The molecule has 0 bridgehead atoms. The number of benzene rings is 1. The number of ether oxygens (including phenoxy) is 1. The van der Waals surface area contributed by atoms with Crippen LogP contribution in [0.3, 0.4) is 0 Å². The van der Waals surface area contributed by atoms with Crippen molar-refractivity contribution in [2.24, 2.45) is 18.9 Å². The molecule has 222 valence electrons. The smallest absolute Gasteiger partial charge is 0.282 e. The number of aryl methyl sites for hydroxylation is 1. The number of aromatic nitrogens is 3. The number of carbonyl (C=O) groups is 3. The molecule has 3 atom stereocenters. The Kier molecular flexibility index (Phi) is 8.77. The number of amides is 3. The van der Waals surface area contributed by atoms with E-state index in [2.05, 4.69) is 15.6 Å².